The molecule has 2 rings (SSSR count). The van der Waals surface area contributed by atoms with Gasteiger partial charge >= 0.3 is 7.12 Å². The zero-order chi connectivity index (χ0) is 14.5. The van der Waals surface area contributed by atoms with E-state index in [1.54, 1.807) is 18.2 Å². The van der Waals surface area contributed by atoms with Crippen LogP contribution in [0.5, 0.6) is 5.75 Å². The van der Waals surface area contributed by atoms with E-state index in [0.717, 1.165) is 0 Å². The second-order valence-corrected chi connectivity index (χ2v) is 4.36. The van der Waals surface area contributed by atoms with Gasteiger partial charge in [0.2, 0.25) is 6.54 Å². The molecule has 0 aliphatic carbocycles. The number of ether oxygens (including phenoxy) is 1. The van der Waals surface area contributed by atoms with Crippen molar-refractivity contribution in [3.8, 4) is 11.8 Å². The Bertz CT molecular complexity index is 545. The number of unbranched alkanes of at least 4 members (excludes halogenated alkanes) is 1. The van der Waals surface area contributed by atoms with Crippen LogP contribution < -0.4 is 10.2 Å². The number of nitriles is 1. The molecule has 1 aliphatic heterocycles. The molecule has 1 heterocycles. The molecule has 1 atom stereocenters. The molecule has 1 N–H and O–H groups in total. The fraction of sp³-hybridized carbons (Fsp3) is 0.417. The van der Waals surface area contributed by atoms with E-state index >= 15 is 0 Å². The van der Waals surface area contributed by atoms with Crippen LogP contribution in [0.4, 0.5) is 0 Å². The van der Waals surface area contributed by atoms with Crippen molar-refractivity contribution in [3.63, 3.8) is 0 Å². The lowest BCUT2D eigenvalue weighted by Gasteiger charge is -2.10. The molecule has 1 aliphatic rings. The summed E-state index contributed by atoms with van der Waals surface area (Å²) in [6, 6.07) is 7.07. The molecule has 0 saturated heterocycles. The first-order chi connectivity index (χ1) is 9.63. The van der Waals surface area contributed by atoms with Gasteiger partial charge in [-0.05, 0) is 18.1 Å². The van der Waals surface area contributed by atoms with Gasteiger partial charge in [-0.3, -0.25) is 10.1 Å². The third kappa shape index (κ3) is 3.07. The molecule has 20 heavy (non-hydrogen) atoms. The van der Waals surface area contributed by atoms with E-state index in [1.807, 2.05) is 6.07 Å². The maximum atomic E-state index is 10.6. The Morgan fingerprint density at radius 2 is 2.40 bits per heavy atom. The van der Waals surface area contributed by atoms with Gasteiger partial charge in [-0.15, -0.1) is 0 Å². The van der Waals surface area contributed by atoms with E-state index in [9.17, 15) is 15.1 Å². The minimum absolute atomic E-state index is 0.344. The van der Waals surface area contributed by atoms with Gasteiger partial charge < -0.3 is 14.4 Å². The van der Waals surface area contributed by atoms with E-state index in [2.05, 4.69) is 0 Å². The number of hydrogen-bond donors (Lipinski definition) is 1. The van der Waals surface area contributed by atoms with Crippen LogP contribution >= 0.6 is 0 Å². The molecule has 0 saturated carbocycles. The number of hydrogen-bond acceptors (Lipinski definition) is 6. The van der Waals surface area contributed by atoms with Crippen molar-refractivity contribution >= 4 is 12.6 Å². The Morgan fingerprint density at radius 3 is 3.10 bits per heavy atom. The molecule has 104 valence electrons. The summed E-state index contributed by atoms with van der Waals surface area (Å²) in [5, 5.41) is 28.9. The van der Waals surface area contributed by atoms with Gasteiger partial charge in [-0.2, -0.15) is 5.26 Å². The summed E-state index contributed by atoms with van der Waals surface area (Å²) >= 11 is 0. The number of fused-ring (bicyclic) bond motifs is 1. The Labute approximate surface area is 116 Å². The molecular weight excluding hydrogens is 263 g/mol. The first kappa shape index (κ1) is 14.3. The fourth-order valence-corrected chi connectivity index (χ4v) is 2.14. The maximum Gasteiger partial charge on any atom is 0.496 e. The van der Waals surface area contributed by atoms with E-state index < -0.39 is 24.7 Å². The van der Waals surface area contributed by atoms with Crippen LogP contribution in [0, 0.1) is 21.4 Å². The molecule has 1 aromatic carbocycles. The maximum absolute atomic E-state index is 10.6. The summed E-state index contributed by atoms with van der Waals surface area (Å²) in [4.78, 5) is 10.1. The molecule has 1 unspecified atom stereocenters. The molecule has 1 aromatic rings. The predicted octanol–water partition coefficient (Wildman–Crippen LogP) is 0.405. The molecule has 7 nitrogen and oxygen atoms in total. The Kier molecular flexibility index (Phi) is 4.55. The van der Waals surface area contributed by atoms with Crippen LogP contribution in [0.3, 0.4) is 0 Å². The van der Waals surface area contributed by atoms with Crippen molar-refractivity contribution in [2.75, 3.05) is 13.2 Å². The first-order valence-corrected chi connectivity index (χ1v) is 6.21. The molecule has 8 heteroatoms. The summed E-state index contributed by atoms with van der Waals surface area (Å²) in [5.41, 5.74) is 1.02. The average Bonchev–Trinajstić information content (AvgIpc) is 2.72. The molecule has 0 fully saturated rings. The quantitative estimate of drug-likeness (QED) is 0.349. The molecule has 0 spiro atoms. The standard InChI is InChI=1S/C12H13BN2O5/c14-6-1-2-7-19-10-5-3-4-9-11(8-15(17)18)20-13(16)12(9)10/h3-5,11,16H,1-2,7-8H2. The smallest absolute Gasteiger partial charge is 0.494 e. The summed E-state index contributed by atoms with van der Waals surface area (Å²) in [6.45, 7) is -0.0570. The lowest BCUT2D eigenvalue weighted by Crippen LogP contribution is -2.30. The second-order valence-electron chi connectivity index (χ2n) is 4.36. The highest BCUT2D eigenvalue weighted by molar-refractivity contribution is 6.62. The third-order valence-corrected chi connectivity index (χ3v) is 2.99. The Hall–Kier alpha value is -2.11. The lowest BCUT2D eigenvalue weighted by atomic mass is 9.78. The summed E-state index contributed by atoms with van der Waals surface area (Å²) in [5.74, 6) is 0.443. The van der Waals surface area contributed by atoms with Gasteiger partial charge in [-0.25, -0.2) is 0 Å². The van der Waals surface area contributed by atoms with Crippen LogP contribution in [0.25, 0.3) is 0 Å². The van der Waals surface area contributed by atoms with E-state index in [1.165, 1.54) is 0 Å². The molecule has 0 radical (unpaired) electrons. The van der Waals surface area contributed by atoms with Crippen molar-refractivity contribution in [3.05, 3.63) is 33.9 Å². The Balaban J connectivity index is 2.15. The highest BCUT2D eigenvalue weighted by Gasteiger charge is 2.40. The fourth-order valence-electron chi connectivity index (χ4n) is 2.14. The molecule has 0 amide bonds. The van der Waals surface area contributed by atoms with E-state index in [4.69, 9.17) is 14.7 Å². The van der Waals surface area contributed by atoms with Gasteiger partial charge in [0.25, 0.3) is 0 Å². The number of nitrogens with zero attached hydrogens (tertiary/aromatic N) is 2. The summed E-state index contributed by atoms with van der Waals surface area (Å²) < 4.78 is 10.7. The largest absolute Gasteiger partial charge is 0.496 e. The van der Waals surface area contributed by atoms with Crippen LogP contribution in [-0.2, 0) is 4.65 Å². The normalized spacial score (nSPS) is 16.6. The second kappa shape index (κ2) is 6.37. The third-order valence-electron chi connectivity index (χ3n) is 2.99. The van der Waals surface area contributed by atoms with Crippen LogP contribution in [0.1, 0.15) is 24.5 Å². The van der Waals surface area contributed by atoms with Crippen molar-refractivity contribution in [2.45, 2.75) is 18.9 Å². The van der Waals surface area contributed by atoms with Crippen LogP contribution in [0.2, 0.25) is 0 Å². The average molecular weight is 276 g/mol. The number of rotatable bonds is 6. The highest BCUT2D eigenvalue weighted by atomic mass is 16.6. The Morgan fingerprint density at radius 1 is 1.60 bits per heavy atom. The zero-order valence-corrected chi connectivity index (χ0v) is 10.7. The van der Waals surface area contributed by atoms with Gasteiger partial charge in [0, 0.05) is 16.8 Å². The van der Waals surface area contributed by atoms with Crippen molar-refractivity contribution in [1.29, 1.82) is 5.26 Å². The van der Waals surface area contributed by atoms with E-state index in [0.29, 0.717) is 36.2 Å². The predicted molar refractivity (Wildman–Crippen MR) is 70.1 cm³/mol. The zero-order valence-electron chi connectivity index (χ0n) is 10.7. The minimum Gasteiger partial charge on any atom is -0.494 e. The lowest BCUT2D eigenvalue weighted by molar-refractivity contribution is -0.490. The SMILES string of the molecule is N#CCCCOc1cccc2c1B(O)OC2C[N+](=O)[O-]. The van der Waals surface area contributed by atoms with Crippen molar-refractivity contribution < 1.29 is 19.3 Å². The van der Waals surface area contributed by atoms with Crippen LogP contribution in [-0.4, -0.2) is 30.2 Å². The van der Waals surface area contributed by atoms with Gasteiger partial charge in [-0.1, -0.05) is 12.1 Å². The van der Waals surface area contributed by atoms with Crippen molar-refractivity contribution in [2.24, 2.45) is 0 Å². The molecule has 0 bridgehead atoms. The number of nitro groups is 1. The topological polar surface area (TPSA) is 106 Å². The summed E-state index contributed by atoms with van der Waals surface area (Å²) in [7, 11) is -1.22. The van der Waals surface area contributed by atoms with Crippen LogP contribution in [0.15, 0.2) is 18.2 Å². The molecule has 0 aromatic heterocycles. The number of benzene rings is 1. The monoisotopic (exact) mass is 276 g/mol. The van der Waals surface area contributed by atoms with Gasteiger partial charge in [0.1, 0.15) is 11.9 Å². The van der Waals surface area contributed by atoms with Gasteiger partial charge in [0.05, 0.1) is 12.7 Å². The first-order valence-electron chi connectivity index (χ1n) is 6.21. The summed E-state index contributed by atoms with van der Waals surface area (Å²) in [6.07, 6.45) is 0.200. The van der Waals surface area contributed by atoms with Gasteiger partial charge in [0.15, 0.2) is 0 Å². The minimum atomic E-state index is -1.22. The highest BCUT2D eigenvalue weighted by Crippen LogP contribution is 2.27. The van der Waals surface area contributed by atoms with Crippen molar-refractivity contribution in [1.82, 2.24) is 0 Å². The molecular formula is C12H13BN2O5. The van der Waals surface area contributed by atoms with E-state index in [-0.39, 0.29) is 0 Å².